The molecule has 2 rings (SSSR count). The van der Waals surface area contributed by atoms with Crippen LogP contribution in [0.3, 0.4) is 0 Å². The van der Waals surface area contributed by atoms with E-state index in [0.717, 1.165) is 17.5 Å². The quantitative estimate of drug-likeness (QED) is 0.899. The summed E-state index contributed by atoms with van der Waals surface area (Å²) in [5, 5.41) is 2.68. The molecule has 0 bridgehead atoms. The molecule has 23 heavy (non-hydrogen) atoms. The lowest BCUT2D eigenvalue weighted by molar-refractivity contribution is 0.215. The Kier molecular flexibility index (Phi) is 5.46. The molecule has 5 heteroatoms. The molecule has 0 atom stereocenters. The Hall–Kier alpha value is -2.69. The highest BCUT2D eigenvalue weighted by atomic mass is 16.6. The molecular weight excluding hydrogens is 294 g/mol. The number of carbonyl (C=O) groups excluding carboxylic acids is 1. The molecule has 5 nitrogen and oxygen atoms in total. The third kappa shape index (κ3) is 4.39. The van der Waals surface area contributed by atoms with Gasteiger partial charge in [-0.3, -0.25) is 5.32 Å². The number of anilines is 1. The van der Waals surface area contributed by atoms with Crippen molar-refractivity contribution < 1.29 is 19.0 Å². The summed E-state index contributed by atoms with van der Waals surface area (Å²) in [4.78, 5) is 12.1. The number of ether oxygens (including phenoxy) is 3. The van der Waals surface area contributed by atoms with Crippen molar-refractivity contribution in [2.45, 2.75) is 20.3 Å². The first kappa shape index (κ1) is 16.7. The van der Waals surface area contributed by atoms with E-state index in [4.69, 9.17) is 14.2 Å². The minimum atomic E-state index is -0.579. The van der Waals surface area contributed by atoms with Gasteiger partial charge in [0, 0.05) is 6.07 Å². The molecule has 0 saturated carbocycles. The minimum absolute atomic E-state index is 0.486. The lowest BCUT2D eigenvalue weighted by Crippen LogP contribution is -2.17. The second kappa shape index (κ2) is 7.54. The van der Waals surface area contributed by atoms with Gasteiger partial charge in [-0.2, -0.15) is 0 Å². The normalized spacial score (nSPS) is 10.1. The second-order valence-corrected chi connectivity index (χ2v) is 5.09. The van der Waals surface area contributed by atoms with Gasteiger partial charge in [0.05, 0.1) is 19.9 Å². The molecule has 0 spiro atoms. The lowest BCUT2D eigenvalue weighted by Gasteiger charge is -2.12. The first-order valence-corrected chi connectivity index (χ1v) is 7.37. The molecule has 0 aliphatic rings. The maximum Gasteiger partial charge on any atom is 0.417 e. The Morgan fingerprint density at radius 3 is 2.48 bits per heavy atom. The average Bonchev–Trinajstić information content (AvgIpc) is 2.53. The van der Waals surface area contributed by atoms with E-state index in [1.165, 1.54) is 7.11 Å². The lowest BCUT2D eigenvalue weighted by atomic mass is 10.1. The topological polar surface area (TPSA) is 56.8 Å². The average molecular weight is 315 g/mol. The summed E-state index contributed by atoms with van der Waals surface area (Å²) < 4.78 is 15.7. The van der Waals surface area contributed by atoms with Gasteiger partial charge >= 0.3 is 6.09 Å². The van der Waals surface area contributed by atoms with E-state index in [1.807, 2.05) is 19.1 Å². The fourth-order valence-corrected chi connectivity index (χ4v) is 2.24. The van der Waals surface area contributed by atoms with E-state index in [-0.39, 0.29) is 0 Å². The molecule has 0 aliphatic heterocycles. The zero-order valence-corrected chi connectivity index (χ0v) is 13.8. The van der Waals surface area contributed by atoms with Gasteiger partial charge in [0.2, 0.25) is 0 Å². The van der Waals surface area contributed by atoms with Crippen LogP contribution < -0.4 is 19.5 Å². The number of amides is 1. The number of benzene rings is 2. The van der Waals surface area contributed by atoms with Gasteiger partial charge in [-0.25, -0.2) is 4.79 Å². The fraction of sp³-hybridized carbons (Fsp3) is 0.278. The number of hydrogen-bond acceptors (Lipinski definition) is 4. The third-order valence-electron chi connectivity index (χ3n) is 3.37. The monoisotopic (exact) mass is 315 g/mol. The molecule has 0 saturated heterocycles. The van der Waals surface area contributed by atoms with Crippen LogP contribution in [0.1, 0.15) is 18.1 Å². The molecule has 0 heterocycles. The summed E-state index contributed by atoms with van der Waals surface area (Å²) in [6.07, 6.45) is 0.299. The van der Waals surface area contributed by atoms with Crippen LogP contribution in [-0.2, 0) is 6.42 Å². The molecule has 2 aromatic carbocycles. The molecule has 0 fully saturated rings. The fourth-order valence-electron chi connectivity index (χ4n) is 2.24. The van der Waals surface area contributed by atoms with Gasteiger partial charge in [-0.15, -0.1) is 0 Å². The van der Waals surface area contributed by atoms with Crippen molar-refractivity contribution in [3.05, 3.63) is 47.5 Å². The van der Waals surface area contributed by atoms with E-state index in [1.54, 1.807) is 25.3 Å². The molecule has 122 valence electrons. The van der Waals surface area contributed by atoms with Gasteiger partial charge < -0.3 is 14.2 Å². The molecule has 0 aromatic heterocycles. The first-order valence-electron chi connectivity index (χ1n) is 7.37. The number of nitrogens with one attached hydrogen (secondary N) is 1. The molecule has 0 unspecified atom stereocenters. The highest BCUT2D eigenvalue weighted by molar-refractivity contribution is 5.88. The zero-order valence-electron chi connectivity index (χ0n) is 13.8. The summed E-state index contributed by atoms with van der Waals surface area (Å²) in [7, 11) is 3.09. The Morgan fingerprint density at radius 2 is 1.83 bits per heavy atom. The predicted molar refractivity (Wildman–Crippen MR) is 89.7 cm³/mol. The second-order valence-electron chi connectivity index (χ2n) is 5.09. The van der Waals surface area contributed by atoms with E-state index in [9.17, 15) is 4.79 Å². The minimum Gasteiger partial charge on any atom is -0.497 e. The van der Waals surface area contributed by atoms with Gasteiger partial charge in [-0.1, -0.05) is 13.0 Å². The van der Waals surface area contributed by atoms with E-state index < -0.39 is 6.09 Å². The molecular formula is C18H21NO4. The predicted octanol–water partition coefficient (Wildman–Crippen LogP) is 4.19. The van der Waals surface area contributed by atoms with Crippen molar-refractivity contribution in [2.75, 3.05) is 19.5 Å². The van der Waals surface area contributed by atoms with Crippen molar-refractivity contribution in [2.24, 2.45) is 0 Å². The van der Waals surface area contributed by atoms with Crippen molar-refractivity contribution in [3.63, 3.8) is 0 Å². The standard InChI is InChI=1S/C18H21NO4/c1-5-13-8-12(2)9-15(10-13)23-18(20)19-16-11-14(21-3)6-7-17(16)22-4/h6-11H,5H2,1-4H3,(H,19,20). The van der Waals surface area contributed by atoms with Gasteiger partial charge in [0.15, 0.2) is 0 Å². The molecule has 1 amide bonds. The van der Waals surface area contributed by atoms with E-state index >= 15 is 0 Å². The summed E-state index contributed by atoms with van der Waals surface area (Å²) in [6, 6.07) is 10.9. The van der Waals surface area contributed by atoms with Crippen LogP contribution in [0, 0.1) is 6.92 Å². The number of carbonyl (C=O) groups is 1. The van der Waals surface area contributed by atoms with Crippen LogP contribution in [0.4, 0.5) is 10.5 Å². The van der Waals surface area contributed by atoms with Crippen LogP contribution in [-0.4, -0.2) is 20.3 Å². The zero-order chi connectivity index (χ0) is 16.8. The summed E-state index contributed by atoms with van der Waals surface area (Å²) in [6.45, 7) is 4.02. The van der Waals surface area contributed by atoms with Crippen LogP contribution in [0.2, 0.25) is 0 Å². The van der Waals surface area contributed by atoms with Gasteiger partial charge in [0.25, 0.3) is 0 Å². The SMILES string of the molecule is CCc1cc(C)cc(OC(=O)Nc2cc(OC)ccc2OC)c1. The van der Waals surface area contributed by atoms with E-state index in [2.05, 4.69) is 18.3 Å². The largest absolute Gasteiger partial charge is 0.497 e. The Balaban J connectivity index is 2.15. The summed E-state index contributed by atoms with van der Waals surface area (Å²) in [5.74, 6) is 1.66. The van der Waals surface area contributed by atoms with Crippen LogP contribution in [0.15, 0.2) is 36.4 Å². The maximum absolute atomic E-state index is 12.1. The van der Waals surface area contributed by atoms with Crippen LogP contribution in [0.5, 0.6) is 17.2 Å². The van der Waals surface area contributed by atoms with Crippen LogP contribution >= 0.6 is 0 Å². The number of aryl methyl sites for hydroxylation is 2. The number of rotatable bonds is 5. The molecule has 2 aromatic rings. The molecule has 0 radical (unpaired) electrons. The third-order valence-corrected chi connectivity index (χ3v) is 3.37. The highest BCUT2D eigenvalue weighted by Crippen LogP contribution is 2.29. The number of methoxy groups -OCH3 is 2. The highest BCUT2D eigenvalue weighted by Gasteiger charge is 2.11. The Morgan fingerprint density at radius 1 is 1.04 bits per heavy atom. The van der Waals surface area contributed by atoms with Crippen molar-refractivity contribution in [1.82, 2.24) is 0 Å². The van der Waals surface area contributed by atoms with Gasteiger partial charge in [0.1, 0.15) is 17.2 Å². The van der Waals surface area contributed by atoms with Gasteiger partial charge in [-0.05, 0) is 48.7 Å². The van der Waals surface area contributed by atoms with Crippen molar-refractivity contribution >= 4 is 11.8 Å². The smallest absolute Gasteiger partial charge is 0.417 e. The summed E-state index contributed by atoms with van der Waals surface area (Å²) >= 11 is 0. The number of hydrogen-bond donors (Lipinski definition) is 1. The molecule has 0 aliphatic carbocycles. The molecule has 1 N–H and O–H groups in total. The van der Waals surface area contributed by atoms with Crippen LogP contribution in [0.25, 0.3) is 0 Å². The first-order chi connectivity index (χ1) is 11.0. The van der Waals surface area contributed by atoms with Crippen molar-refractivity contribution in [3.8, 4) is 17.2 Å². The summed E-state index contributed by atoms with van der Waals surface area (Å²) in [5.41, 5.74) is 2.65. The Labute approximate surface area is 136 Å². The van der Waals surface area contributed by atoms with Crippen molar-refractivity contribution in [1.29, 1.82) is 0 Å². The maximum atomic E-state index is 12.1. The van der Waals surface area contributed by atoms with E-state index in [0.29, 0.717) is 22.9 Å². The Bertz CT molecular complexity index is 697.